The molecule has 29 heavy (non-hydrogen) atoms. The van der Waals surface area contributed by atoms with Gasteiger partial charge in [-0.25, -0.2) is 0 Å². The van der Waals surface area contributed by atoms with Crippen LogP contribution in [-0.2, 0) is 17.6 Å². The molecule has 1 N–H and O–H groups in total. The summed E-state index contributed by atoms with van der Waals surface area (Å²) in [6.45, 7) is 2.01. The standard InChI is InChI=1S/C22H22ClN3O2S/c1-14(16-10-9-15-5-2-3-6-17(15)11-16)24-20(27)13-29-22-26-25-21(28-22)18-7-4-8-19(23)12-18/h4,7-12,14H,2-3,5-6,13H2,1H3,(H,24,27)/t14-/m1/s1. The summed E-state index contributed by atoms with van der Waals surface area (Å²) >= 11 is 7.22. The molecule has 1 amide bonds. The van der Waals surface area contributed by atoms with Crippen LogP contribution in [-0.4, -0.2) is 21.9 Å². The summed E-state index contributed by atoms with van der Waals surface area (Å²) in [7, 11) is 0. The monoisotopic (exact) mass is 427 g/mol. The van der Waals surface area contributed by atoms with E-state index in [1.54, 1.807) is 12.1 Å². The van der Waals surface area contributed by atoms with Crippen molar-refractivity contribution in [2.24, 2.45) is 0 Å². The fraction of sp³-hybridized carbons (Fsp3) is 0.318. The fourth-order valence-electron chi connectivity index (χ4n) is 3.52. The number of amides is 1. The largest absolute Gasteiger partial charge is 0.411 e. The number of carbonyl (C=O) groups excluding carboxylic acids is 1. The van der Waals surface area contributed by atoms with Gasteiger partial charge in [0.05, 0.1) is 11.8 Å². The first kappa shape index (κ1) is 20.0. The molecular weight excluding hydrogens is 406 g/mol. The second-order valence-electron chi connectivity index (χ2n) is 7.20. The van der Waals surface area contributed by atoms with E-state index in [4.69, 9.17) is 16.0 Å². The third kappa shape index (κ3) is 5.00. The number of aromatic nitrogens is 2. The van der Waals surface area contributed by atoms with E-state index >= 15 is 0 Å². The quantitative estimate of drug-likeness (QED) is 0.545. The molecule has 0 aliphatic heterocycles. The van der Waals surface area contributed by atoms with Gasteiger partial charge in [-0.05, 0) is 67.5 Å². The van der Waals surface area contributed by atoms with Crippen LogP contribution in [0.2, 0.25) is 5.02 Å². The number of rotatable bonds is 6. The van der Waals surface area contributed by atoms with Crippen molar-refractivity contribution in [3.8, 4) is 11.5 Å². The van der Waals surface area contributed by atoms with Crippen LogP contribution >= 0.6 is 23.4 Å². The zero-order valence-corrected chi connectivity index (χ0v) is 17.7. The Balaban J connectivity index is 1.32. The highest BCUT2D eigenvalue weighted by atomic mass is 35.5. The molecule has 2 aromatic carbocycles. The zero-order chi connectivity index (χ0) is 20.2. The van der Waals surface area contributed by atoms with E-state index in [1.165, 1.54) is 35.7 Å². The van der Waals surface area contributed by atoms with Crippen molar-refractivity contribution in [1.82, 2.24) is 15.5 Å². The van der Waals surface area contributed by atoms with Gasteiger partial charge in [-0.3, -0.25) is 4.79 Å². The van der Waals surface area contributed by atoms with Crippen LogP contribution in [0.5, 0.6) is 0 Å². The third-order valence-corrected chi connectivity index (χ3v) is 6.11. The van der Waals surface area contributed by atoms with E-state index in [0.717, 1.165) is 24.0 Å². The van der Waals surface area contributed by atoms with Gasteiger partial charge in [-0.1, -0.05) is 47.6 Å². The molecule has 7 heteroatoms. The topological polar surface area (TPSA) is 68.0 Å². The molecule has 5 nitrogen and oxygen atoms in total. The van der Waals surface area contributed by atoms with Gasteiger partial charge in [0.25, 0.3) is 5.22 Å². The summed E-state index contributed by atoms with van der Waals surface area (Å²) in [5.41, 5.74) is 4.76. The molecule has 4 rings (SSSR count). The van der Waals surface area contributed by atoms with Crippen LogP contribution in [0.25, 0.3) is 11.5 Å². The van der Waals surface area contributed by atoms with Gasteiger partial charge in [-0.2, -0.15) is 0 Å². The Kier molecular flexibility index (Phi) is 6.21. The zero-order valence-electron chi connectivity index (χ0n) is 16.2. The number of nitrogens with zero attached hydrogens (tertiary/aromatic N) is 2. The summed E-state index contributed by atoms with van der Waals surface area (Å²) in [5.74, 6) is 0.535. The lowest BCUT2D eigenvalue weighted by molar-refractivity contribution is -0.119. The van der Waals surface area contributed by atoms with E-state index in [1.807, 2.05) is 19.1 Å². The average molecular weight is 428 g/mol. The number of hydrogen-bond acceptors (Lipinski definition) is 5. The SMILES string of the molecule is C[C@@H](NC(=O)CSc1nnc(-c2cccc(Cl)c2)o1)c1ccc2c(c1)CCCC2. The number of carbonyl (C=O) groups is 1. The van der Waals surface area contributed by atoms with Crippen LogP contribution < -0.4 is 5.32 Å². The van der Waals surface area contributed by atoms with Gasteiger partial charge in [0.1, 0.15) is 0 Å². The van der Waals surface area contributed by atoms with Gasteiger partial charge in [0, 0.05) is 10.6 Å². The van der Waals surface area contributed by atoms with E-state index in [-0.39, 0.29) is 17.7 Å². The lowest BCUT2D eigenvalue weighted by atomic mass is 9.89. The molecule has 1 atom stereocenters. The predicted molar refractivity (Wildman–Crippen MR) is 115 cm³/mol. The van der Waals surface area contributed by atoms with Gasteiger partial charge < -0.3 is 9.73 Å². The highest BCUT2D eigenvalue weighted by Gasteiger charge is 2.16. The Morgan fingerprint density at radius 1 is 1.17 bits per heavy atom. The van der Waals surface area contributed by atoms with Crippen molar-refractivity contribution in [2.75, 3.05) is 5.75 Å². The molecule has 1 aliphatic rings. The predicted octanol–water partition coefficient (Wildman–Crippen LogP) is 5.24. The number of thioether (sulfide) groups is 1. The summed E-state index contributed by atoms with van der Waals surface area (Å²) in [6.07, 6.45) is 4.81. The minimum Gasteiger partial charge on any atom is -0.411 e. The number of benzene rings is 2. The third-order valence-electron chi connectivity index (χ3n) is 5.05. The molecule has 3 aromatic rings. The number of nitrogens with one attached hydrogen (secondary N) is 1. The molecule has 0 saturated carbocycles. The second-order valence-corrected chi connectivity index (χ2v) is 8.56. The lowest BCUT2D eigenvalue weighted by Gasteiger charge is -2.20. The first-order valence-electron chi connectivity index (χ1n) is 9.72. The molecular formula is C22H22ClN3O2S. The summed E-state index contributed by atoms with van der Waals surface area (Å²) < 4.78 is 5.63. The Morgan fingerprint density at radius 2 is 2.00 bits per heavy atom. The second kappa shape index (κ2) is 9.01. The number of halogens is 1. The number of hydrogen-bond donors (Lipinski definition) is 1. The highest BCUT2D eigenvalue weighted by molar-refractivity contribution is 7.99. The van der Waals surface area contributed by atoms with Crippen molar-refractivity contribution >= 4 is 29.3 Å². The van der Waals surface area contributed by atoms with Crippen LogP contribution in [0.4, 0.5) is 0 Å². The Morgan fingerprint density at radius 3 is 2.83 bits per heavy atom. The van der Waals surface area contributed by atoms with Crippen LogP contribution in [0.1, 0.15) is 42.5 Å². The molecule has 1 aliphatic carbocycles. The Labute approximate surface area is 179 Å². The summed E-state index contributed by atoms with van der Waals surface area (Å²) in [6, 6.07) is 13.7. The van der Waals surface area contributed by atoms with Gasteiger partial charge in [-0.15, -0.1) is 10.2 Å². The molecule has 0 saturated heterocycles. The van der Waals surface area contributed by atoms with Crippen molar-refractivity contribution < 1.29 is 9.21 Å². The van der Waals surface area contributed by atoms with Crippen molar-refractivity contribution in [2.45, 2.75) is 43.9 Å². The number of fused-ring (bicyclic) bond motifs is 1. The van der Waals surface area contributed by atoms with E-state index < -0.39 is 0 Å². The molecule has 0 fully saturated rings. The molecule has 0 spiro atoms. The molecule has 0 bridgehead atoms. The normalized spacial score (nSPS) is 14.3. The van der Waals surface area contributed by atoms with Crippen molar-refractivity contribution in [1.29, 1.82) is 0 Å². The highest BCUT2D eigenvalue weighted by Crippen LogP contribution is 2.26. The summed E-state index contributed by atoms with van der Waals surface area (Å²) in [5, 5.41) is 12.0. The van der Waals surface area contributed by atoms with E-state index in [9.17, 15) is 4.79 Å². The van der Waals surface area contributed by atoms with Gasteiger partial charge >= 0.3 is 0 Å². The molecule has 1 heterocycles. The first-order chi connectivity index (χ1) is 14.1. The maximum absolute atomic E-state index is 12.4. The first-order valence-corrected chi connectivity index (χ1v) is 11.1. The molecule has 150 valence electrons. The maximum Gasteiger partial charge on any atom is 0.277 e. The smallest absolute Gasteiger partial charge is 0.277 e. The molecule has 0 radical (unpaired) electrons. The van der Waals surface area contributed by atoms with Crippen LogP contribution in [0, 0.1) is 0 Å². The van der Waals surface area contributed by atoms with Crippen molar-refractivity contribution in [3.05, 3.63) is 64.2 Å². The van der Waals surface area contributed by atoms with E-state index in [2.05, 4.69) is 33.7 Å². The Bertz CT molecular complexity index is 1020. The maximum atomic E-state index is 12.4. The van der Waals surface area contributed by atoms with E-state index in [0.29, 0.717) is 16.1 Å². The average Bonchev–Trinajstić information content (AvgIpc) is 3.21. The van der Waals surface area contributed by atoms with Crippen LogP contribution in [0.15, 0.2) is 52.1 Å². The molecule has 1 aromatic heterocycles. The molecule has 0 unspecified atom stereocenters. The van der Waals surface area contributed by atoms with Crippen LogP contribution in [0.3, 0.4) is 0 Å². The lowest BCUT2D eigenvalue weighted by Crippen LogP contribution is -2.28. The van der Waals surface area contributed by atoms with Crippen molar-refractivity contribution in [3.63, 3.8) is 0 Å². The number of aryl methyl sites for hydroxylation is 2. The Hall–Kier alpha value is -2.31. The van der Waals surface area contributed by atoms with Gasteiger partial charge in [0.2, 0.25) is 11.8 Å². The fourth-order valence-corrected chi connectivity index (χ4v) is 4.29. The minimum atomic E-state index is -0.0669. The minimum absolute atomic E-state index is 0.0416. The summed E-state index contributed by atoms with van der Waals surface area (Å²) in [4.78, 5) is 12.4. The van der Waals surface area contributed by atoms with Gasteiger partial charge in [0.15, 0.2) is 0 Å².